The van der Waals surface area contributed by atoms with Gasteiger partial charge in [0.25, 0.3) is 0 Å². The Hall–Kier alpha value is -0.150. The van der Waals surface area contributed by atoms with Crippen LogP contribution in [0, 0.1) is 0 Å². The van der Waals surface area contributed by atoms with E-state index in [4.69, 9.17) is 5.11 Å². The van der Waals surface area contributed by atoms with Crippen LogP contribution < -0.4 is 5.32 Å². The van der Waals surface area contributed by atoms with Crippen LogP contribution in [0.5, 0.6) is 0 Å². The predicted octanol–water partition coefficient (Wildman–Crippen LogP) is 0.316. The van der Waals surface area contributed by atoms with E-state index in [0.29, 0.717) is 6.54 Å². The van der Waals surface area contributed by atoms with Crippen molar-refractivity contribution in [2.75, 3.05) is 19.8 Å². The lowest BCUT2D eigenvalue weighted by Crippen LogP contribution is -2.33. The van der Waals surface area contributed by atoms with Crippen molar-refractivity contribution in [3.05, 3.63) is 0 Å². The minimum Gasteiger partial charge on any atom is -0.395 e. The zero-order valence-corrected chi connectivity index (χ0v) is 5.73. The highest BCUT2D eigenvalue weighted by molar-refractivity contribution is 4.61. The molecule has 0 aliphatic heterocycles. The van der Waals surface area contributed by atoms with E-state index in [1.807, 2.05) is 6.92 Å². The SMILES string of the molecule is CCC(CO)NCCF. The molecule has 0 saturated heterocycles. The fraction of sp³-hybridized carbons (Fsp3) is 1.00. The molecule has 0 aliphatic carbocycles. The summed E-state index contributed by atoms with van der Waals surface area (Å²) in [4.78, 5) is 0. The Labute approximate surface area is 55.1 Å². The van der Waals surface area contributed by atoms with Gasteiger partial charge in [0.05, 0.1) is 6.61 Å². The van der Waals surface area contributed by atoms with Gasteiger partial charge in [-0.15, -0.1) is 0 Å². The highest BCUT2D eigenvalue weighted by atomic mass is 19.1. The maximum Gasteiger partial charge on any atom is 0.102 e. The molecule has 9 heavy (non-hydrogen) atoms. The largest absolute Gasteiger partial charge is 0.395 e. The van der Waals surface area contributed by atoms with Crippen LogP contribution in [0.1, 0.15) is 13.3 Å². The third kappa shape index (κ3) is 4.36. The zero-order valence-electron chi connectivity index (χ0n) is 5.73. The molecule has 0 bridgehead atoms. The summed E-state index contributed by atoms with van der Waals surface area (Å²) < 4.78 is 11.5. The maximum atomic E-state index is 11.5. The van der Waals surface area contributed by atoms with Gasteiger partial charge < -0.3 is 10.4 Å². The van der Waals surface area contributed by atoms with Crippen LogP contribution in [0.25, 0.3) is 0 Å². The minimum atomic E-state index is -0.365. The predicted molar refractivity (Wildman–Crippen MR) is 35.1 cm³/mol. The van der Waals surface area contributed by atoms with Crippen molar-refractivity contribution in [3.63, 3.8) is 0 Å². The van der Waals surface area contributed by atoms with Crippen LogP contribution in [0.4, 0.5) is 4.39 Å². The molecule has 2 nitrogen and oxygen atoms in total. The number of hydrogen-bond donors (Lipinski definition) is 2. The van der Waals surface area contributed by atoms with Crippen LogP contribution in [0.3, 0.4) is 0 Å². The summed E-state index contributed by atoms with van der Waals surface area (Å²) in [5.41, 5.74) is 0. The Morgan fingerprint density at radius 1 is 1.67 bits per heavy atom. The highest BCUT2D eigenvalue weighted by Crippen LogP contribution is 1.86. The zero-order chi connectivity index (χ0) is 7.11. The molecular weight excluding hydrogens is 121 g/mol. The average molecular weight is 135 g/mol. The van der Waals surface area contributed by atoms with Crippen LogP contribution in [-0.4, -0.2) is 31.0 Å². The van der Waals surface area contributed by atoms with E-state index in [0.717, 1.165) is 6.42 Å². The summed E-state index contributed by atoms with van der Waals surface area (Å²) in [5.74, 6) is 0. The molecule has 0 aliphatic rings. The molecule has 0 saturated carbocycles. The fourth-order valence-corrected chi connectivity index (χ4v) is 0.597. The van der Waals surface area contributed by atoms with Gasteiger partial charge in [-0.1, -0.05) is 6.92 Å². The van der Waals surface area contributed by atoms with Gasteiger partial charge in [0, 0.05) is 12.6 Å². The number of halogens is 1. The monoisotopic (exact) mass is 135 g/mol. The summed E-state index contributed by atoms with van der Waals surface area (Å²) >= 11 is 0. The fourth-order valence-electron chi connectivity index (χ4n) is 0.597. The first kappa shape index (κ1) is 8.85. The van der Waals surface area contributed by atoms with E-state index in [9.17, 15) is 4.39 Å². The number of hydrogen-bond acceptors (Lipinski definition) is 2. The lowest BCUT2D eigenvalue weighted by Gasteiger charge is -2.11. The normalized spacial score (nSPS) is 13.7. The first-order valence-corrected chi connectivity index (χ1v) is 3.25. The van der Waals surface area contributed by atoms with Crippen LogP contribution >= 0.6 is 0 Å². The van der Waals surface area contributed by atoms with Crippen molar-refractivity contribution in [1.29, 1.82) is 0 Å². The van der Waals surface area contributed by atoms with E-state index in [2.05, 4.69) is 5.32 Å². The van der Waals surface area contributed by atoms with E-state index in [1.54, 1.807) is 0 Å². The van der Waals surface area contributed by atoms with Crippen molar-refractivity contribution >= 4 is 0 Å². The molecule has 1 unspecified atom stereocenters. The lowest BCUT2D eigenvalue weighted by molar-refractivity contribution is 0.236. The number of aliphatic hydroxyl groups is 1. The van der Waals surface area contributed by atoms with Gasteiger partial charge in [0.2, 0.25) is 0 Å². The summed E-state index contributed by atoms with van der Waals surface area (Å²) in [6.45, 7) is 2.03. The van der Waals surface area contributed by atoms with Gasteiger partial charge >= 0.3 is 0 Å². The lowest BCUT2D eigenvalue weighted by atomic mass is 10.2. The number of alkyl halides is 1. The van der Waals surface area contributed by atoms with Crippen LogP contribution in [0.15, 0.2) is 0 Å². The molecule has 3 heteroatoms. The van der Waals surface area contributed by atoms with Gasteiger partial charge in [0.1, 0.15) is 6.67 Å². The van der Waals surface area contributed by atoms with Crippen molar-refractivity contribution < 1.29 is 9.50 Å². The maximum absolute atomic E-state index is 11.5. The van der Waals surface area contributed by atoms with Crippen molar-refractivity contribution in [2.45, 2.75) is 19.4 Å². The first-order valence-electron chi connectivity index (χ1n) is 3.25. The second kappa shape index (κ2) is 5.98. The molecule has 0 radical (unpaired) electrons. The topological polar surface area (TPSA) is 32.3 Å². The minimum absolute atomic E-state index is 0.0701. The quantitative estimate of drug-likeness (QED) is 0.569. The smallest absolute Gasteiger partial charge is 0.102 e. The van der Waals surface area contributed by atoms with Gasteiger partial charge in [-0.2, -0.15) is 0 Å². The average Bonchev–Trinajstić information content (AvgIpc) is 1.91. The molecule has 0 aromatic rings. The molecule has 56 valence electrons. The van der Waals surface area contributed by atoms with Crippen molar-refractivity contribution in [3.8, 4) is 0 Å². The Bertz CT molecular complexity index is 57.0. The van der Waals surface area contributed by atoms with E-state index in [-0.39, 0.29) is 19.3 Å². The Morgan fingerprint density at radius 3 is 2.67 bits per heavy atom. The molecular formula is C6H14FNO. The van der Waals surface area contributed by atoms with Crippen molar-refractivity contribution in [2.24, 2.45) is 0 Å². The molecule has 1 atom stereocenters. The molecule has 2 N–H and O–H groups in total. The van der Waals surface area contributed by atoms with Crippen LogP contribution in [-0.2, 0) is 0 Å². The third-order valence-corrected chi connectivity index (χ3v) is 1.24. The van der Waals surface area contributed by atoms with E-state index >= 15 is 0 Å². The third-order valence-electron chi connectivity index (χ3n) is 1.24. The van der Waals surface area contributed by atoms with Crippen LogP contribution in [0.2, 0.25) is 0 Å². The molecule has 0 aromatic carbocycles. The van der Waals surface area contributed by atoms with Gasteiger partial charge in [-0.05, 0) is 6.42 Å². The molecule has 0 aromatic heterocycles. The van der Waals surface area contributed by atoms with E-state index in [1.165, 1.54) is 0 Å². The number of aliphatic hydroxyl groups excluding tert-OH is 1. The number of rotatable bonds is 5. The summed E-state index contributed by atoms with van der Waals surface area (Å²) in [5, 5.41) is 11.4. The number of nitrogens with one attached hydrogen (secondary N) is 1. The van der Waals surface area contributed by atoms with Gasteiger partial charge in [-0.25, -0.2) is 4.39 Å². The molecule has 0 amide bonds. The van der Waals surface area contributed by atoms with Crippen molar-refractivity contribution in [1.82, 2.24) is 5.32 Å². The highest BCUT2D eigenvalue weighted by Gasteiger charge is 2.00. The Kier molecular flexibility index (Phi) is 5.88. The standard InChI is InChI=1S/C6H14FNO/c1-2-6(5-9)8-4-3-7/h6,8-9H,2-5H2,1H3. The Balaban J connectivity index is 3.09. The molecule has 0 spiro atoms. The molecule has 0 fully saturated rings. The van der Waals surface area contributed by atoms with Gasteiger partial charge in [-0.3, -0.25) is 0 Å². The molecule has 0 rings (SSSR count). The summed E-state index contributed by atoms with van der Waals surface area (Å²) in [7, 11) is 0. The molecule has 0 heterocycles. The first-order chi connectivity index (χ1) is 4.35. The second-order valence-corrected chi connectivity index (χ2v) is 1.93. The summed E-state index contributed by atoms with van der Waals surface area (Å²) in [6, 6.07) is 0.0701. The summed E-state index contributed by atoms with van der Waals surface area (Å²) in [6.07, 6.45) is 0.844. The Morgan fingerprint density at radius 2 is 2.33 bits per heavy atom. The van der Waals surface area contributed by atoms with E-state index < -0.39 is 0 Å². The second-order valence-electron chi connectivity index (χ2n) is 1.93. The van der Waals surface area contributed by atoms with Gasteiger partial charge in [0.15, 0.2) is 0 Å².